The number of hydrogen-bond donors (Lipinski definition) is 2. The molecule has 17 heavy (non-hydrogen) atoms. The minimum Gasteiger partial charge on any atom is -0.395 e. The number of carbonyl (C=O) groups is 1. The molecule has 0 radical (unpaired) electrons. The van der Waals surface area contributed by atoms with E-state index in [0.29, 0.717) is 5.56 Å². The number of aliphatic hydroxyl groups excluding tert-OH is 1. The van der Waals surface area contributed by atoms with Crippen molar-refractivity contribution < 1.29 is 14.3 Å². The van der Waals surface area contributed by atoms with E-state index >= 15 is 0 Å². The SMILES string of the molecule is NC(=O)CN(CCO)Cc1cc(Br)ccc1F. The first-order valence-electron chi connectivity index (χ1n) is 5.08. The second-order valence-electron chi connectivity index (χ2n) is 3.64. The van der Waals surface area contributed by atoms with E-state index in [-0.39, 0.29) is 32.1 Å². The quantitative estimate of drug-likeness (QED) is 0.819. The van der Waals surface area contributed by atoms with Crippen molar-refractivity contribution >= 4 is 21.8 Å². The zero-order valence-electron chi connectivity index (χ0n) is 9.20. The van der Waals surface area contributed by atoms with Gasteiger partial charge in [-0.1, -0.05) is 15.9 Å². The maximum absolute atomic E-state index is 13.5. The van der Waals surface area contributed by atoms with E-state index in [9.17, 15) is 9.18 Å². The molecule has 6 heteroatoms. The zero-order chi connectivity index (χ0) is 12.8. The molecule has 0 atom stereocenters. The summed E-state index contributed by atoms with van der Waals surface area (Å²) in [5.74, 6) is -0.852. The average molecular weight is 305 g/mol. The molecule has 1 rings (SSSR count). The molecule has 0 heterocycles. The number of nitrogens with zero attached hydrogens (tertiary/aromatic N) is 1. The summed E-state index contributed by atoms with van der Waals surface area (Å²) >= 11 is 3.25. The molecule has 94 valence electrons. The molecule has 0 aliphatic heterocycles. The minimum absolute atomic E-state index is 0.00743. The number of rotatable bonds is 6. The monoisotopic (exact) mass is 304 g/mol. The predicted molar refractivity (Wildman–Crippen MR) is 65.7 cm³/mol. The maximum Gasteiger partial charge on any atom is 0.231 e. The van der Waals surface area contributed by atoms with Crippen molar-refractivity contribution in [2.75, 3.05) is 19.7 Å². The van der Waals surface area contributed by atoms with Gasteiger partial charge in [-0.25, -0.2) is 4.39 Å². The number of amides is 1. The highest BCUT2D eigenvalue weighted by Gasteiger charge is 2.11. The van der Waals surface area contributed by atoms with Crippen LogP contribution in [0.4, 0.5) is 4.39 Å². The van der Waals surface area contributed by atoms with Crippen LogP contribution >= 0.6 is 15.9 Å². The Balaban J connectivity index is 2.77. The van der Waals surface area contributed by atoms with Crippen molar-refractivity contribution in [2.45, 2.75) is 6.54 Å². The van der Waals surface area contributed by atoms with E-state index < -0.39 is 5.91 Å². The van der Waals surface area contributed by atoms with Crippen LogP contribution in [-0.4, -0.2) is 35.6 Å². The minimum atomic E-state index is -0.506. The Morgan fingerprint density at radius 2 is 2.24 bits per heavy atom. The highest BCUT2D eigenvalue weighted by molar-refractivity contribution is 9.10. The summed E-state index contributed by atoms with van der Waals surface area (Å²) in [7, 11) is 0. The number of carbonyl (C=O) groups excluding carboxylic acids is 1. The number of nitrogens with two attached hydrogens (primary N) is 1. The van der Waals surface area contributed by atoms with Gasteiger partial charge in [0.05, 0.1) is 13.2 Å². The van der Waals surface area contributed by atoms with Crippen molar-refractivity contribution in [2.24, 2.45) is 5.73 Å². The van der Waals surface area contributed by atoms with Crippen molar-refractivity contribution in [3.05, 3.63) is 34.1 Å². The highest BCUT2D eigenvalue weighted by atomic mass is 79.9. The lowest BCUT2D eigenvalue weighted by Crippen LogP contribution is -2.35. The van der Waals surface area contributed by atoms with Gasteiger partial charge >= 0.3 is 0 Å². The number of halogens is 2. The van der Waals surface area contributed by atoms with Crippen LogP contribution in [0.5, 0.6) is 0 Å². The van der Waals surface area contributed by atoms with Gasteiger partial charge in [-0.2, -0.15) is 0 Å². The van der Waals surface area contributed by atoms with E-state index in [1.807, 2.05) is 0 Å². The number of benzene rings is 1. The standard InChI is InChI=1S/C11H14BrFN2O2/c12-9-1-2-10(13)8(5-9)6-15(3-4-16)7-11(14)17/h1-2,5,16H,3-4,6-7H2,(H2,14,17). The number of aliphatic hydroxyl groups is 1. The van der Waals surface area contributed by atoms with Crippen LogP contribution in [0.1, 0.15) is 5.56 Å². The van der Waals surface area contributed by atoms with Gasteiger partial charge < -0.3 is 10.8 Å². The van der Waals surface area contributed by atoms with Crippen LogP contribution in [0.15, 0.2) is 22.7 Å². The molecule has 1 aromatic rings. The summed E-state index contributed by atoms with van der Waals surface area (Å²) in [6.45, 7) is 0.388. The molecule has 0 spiro atoms. The molecule has 1 aromatic carbocycles. The third kappa shape index (κ3) is 4.80. The molecule has 0 aliphatic rings. The molecule has 0 saturated carbocycles. The lowest BCUT2D eigenvalue weighted by Gasteiger charge is -2.19. The van der Waals surface area contributed by atoms with Crippen LogP contribution in [-0.2, 0) is 11.3 Å². The van der Waals surface area contributed by atoms with Crippen molar-refractivity contribution in [1.82, 2.24) is 4.90 Å². The van der Waals surface area contributed by atoms with Crippen molar-refractivity contribution in [1.29, 1.82) is 0 Å². The summed E-state index contributed by atoms with van der Waals surface area (Å²) in [5.41, 5.74) is 5.53. The molecule has 0 saturated heterocycles. The van der Waals surface area contributed by atoms with Gasteiger partial charge in [-0.15, -0.1) is 0 Å². The van der Waals surface area contributed by atoms with E-state index in [1.54, 1.807) is 17.0 Å². The molecule has 0 fully saturated rings. The highest BCUT2D eigenvalue weighted by Crippen LogP contribution is 2.17. The third-order valence-electron chi connectivity index (χ3n) is 2.20. The van der Waals surface area contributed by atoms with Crippen LogP contribution in [0.2, 0.25) is 0 Å². The first kappa shape index (κ1) is 14.1. The summed E-state index contributed by atoms with van der Waals surface area (Å²) < 4.78 is 14.2. The molecule has 0 bridgehead atoms. The molecule has 1 amide bonds. The summed E-state index contributed by atoms with van der Waals surface area (Å²) in [5, 5.41) is 8.85. The first-order valence-corrected chi connectivity index (χ1v) is 5.87. The molecular weight excluding hydrogens is 291 g/mol. The fourth-order valence-corrected chi connectivity index (χ4v) is 1.89. The van der Waals surface area contributed by atoms with Crippen LogP contribution in [0, 0.1) is 5.82 Å². The van der Waals surface area contributed by atoms with Crippen molar-refractivity contribution in [3.8, 4) is 0 Å². The van der Waals surface area contributed by atoms with Crippen LogP contribution < -0.4 is 5.73 Å². The van der Waals surface area contributed by atoms with Gasteiger partial charge in [-0.3, -0.25) is 9.69 Å². The van der Waals surface area contributed by atoms with E-state index in [2.05, 4.69) is 15.9 Å². The van der Waals surface area contributed by atoms with E-state index in [4.69, 9.17) is 10.8 Å². The average Bonchev–Trinajstić information content (AvgIpc) is 2.23. The predicted octanol–water partition coefficient (Wildman–Crippen LogP) is 0.868. The molecule has 0 aliphatic carbocycles. The molecule has 4 nitrogen and oxygen atoms in total. The lowest BCUT2D eigenvalue weighted by atomic mass is 10.2. The topological polar surface area (TPSA) is 66.6 Å². The van der Waals surface area contributed by atoms with Crippen LogP contribution in [0.25, 0.3) is 0 Å². The van der Waals surface area contributed by atoms with Gasteiger partial charge in [-0.05, 0) is 18.2 Å². The molecule has 3 N–H and O–H groups in total. The Labute approximate surface area is 107 Å². The Hall–Kier alpha value is -0.980. The first-order chi connectivity index (χ1) is 8.02. The van der Waals surface area contributed by atoms with Gasteiger partial charge in [0.1, 0.15) is 5.82 Å². The fourth-order valence-electron chi connectivity index (χ4n) is 1.48. The van der Waals surface area contributed by atoms with Gasteiger partial charge in [0.25, 0.3) is 0 Å². The van der Waals surface area contributed by atoms with Crippen molar-refractivity contribution in [3.63, 3.8) is 0 Å². The van der Waals surface area contributed by atoms with Crippen LogP contribution in [0.3, 0.4) is 0 Å². The normalized spacial score (nSPS) is 10.8. The third-order valence-corrected chi connectivity index (χ3v) is 2.69. The summed E-state index contributed by atoms with van der Waals surface area (Å²) in [4.78, 5) is 12.4. The largest absolute Gasteiger partial charge is 0.395 e. The van der Waals surface area contributed by atoms with Gasteiger partial charge in [0.15, 0.2) is 0 Å². The maximum atomic E-state index is 13.5. The fraction of sp³-hybridized carbons (Fsp3) is 0.364. The van der Waals surface area contributed by atoms with E-state index in [1.165, 1.54) is 6.07 Å². The lowest BCUT2D eigenvalue weighted by molar-refractivity contribution is -0.119. The zero-order valence-corrected chi connectivity index (χ0v) is 10.8. The Bertz CT molecular complexity index is 401. The number of hydrogen-bond acceptors (Lipinski definition) is 3. The molecule has 0 unspecified atom stereocenters. The van der Waals surface area contributed by atoms with Gasteiger partial charge in [0.2, 0.25) is 5.91 Å². The van der Waals surface area contributed by atoms with E-state index in [0.717, 1.165) is 4.47 Å². The Kier molecular flexibility index (Phi) is 5.54. The Morgan fingerprint density at radius 1 is 1.53 bits per heavy atom. The smallest absolute Gasteiger partial charge is 0.231 e. The molecule has 0 aromatic heterocycles. The summed E-state index contributed by atoms with van der Waals surface area (Å²) in [6, 6.07) is 4.59. The second kappa shape index (κ2) is 6.68. The summed E-state index contributed by atoms with van der Waals surface area (Å²) in [6.07, 6.45) is 0. The number of primary amides is 1. The Morgan fingerprint density at radius 3 is 2.82 bits per heavy atom. The second-order valence-corrected chi connectivity index (χ2v) is 4.55. The molecular formula is C11H14BrFN2O2. The van der Waals surface area contributed by atoms with Gasteiger partial charge in [0, 0.05) is 23.1 Å².